The van der Waals surface area contributed by atoms with E-state index in [9.17, 15) is 10.2 Å². The van der Waals surface area contributed by atoms with E-state index in [1.807, 2.05) is 0 Å². The van der Waals surface area contributed by atoms with Gasteiger partial charge in [0, 0.05) is 18.3 Å². The third-order valence-corrected chi connectivity index (χ3v) is 14.3. The first kappa shape index (κ1) is 28.1. The van der Waals surface area contributed by atoms with E-state index in [2.05, 4.69) is 25.7 Å². The van der Waals surface area contributed by atoms with E-state index in [0.29, 0.717) is 29.7 Å². The maximum atomic E-state index is 12.1. The Hall–Kier alpha value is -1.04. The van der Waals surface area contributed by atoms with E-state index in [-0.39, 0.29) is 29.1 Å². The number of hydrogen-bond acceptors (Lipinski definition) is 2. The number of rotatable bonds is 4. The van der Waals surface area contributed by atoms with Crippen molar-refractivity contribution in [2.45, 2.75) is 122 Å². The molecule has 4 aliphatic carbocycles. The summed E-state index contributed by atoms with van der Waals surface area (Å²) in [6, 6.07) is 0.591. The van der Waals surface area contributed by atoms with Gasteiger partial charge in [0.25, 0.3) is 0 Å². The Morgan fingerprint density at radius 1 is 0.718 bits per heavy atom. The fourth-order valence-electron chi connectivity index (χ4n) is 12.2. The Labute approximate surface area is 239 Å². The molecule has 6 rings (SSSR count). The number of aliphatic hydroxyl groups excluding tert-OH is 2. The van der Waals surface area contributed by atoms with E-state index in [1.165, 1.54) is 57.8 Å². The largest absolute Gasteiger partial charge is 0.387 e. The quantitative estimate of drug-likeness (QED) is 0.393. The summed E-state index contributed by atoms with van der Waals surface area (Å²) in [6.07, 6.45) is 27.3. The molecular weight excluding hydrogens is 480 g/mol. The Kier molecular flexibility index (Phi) is 7.46. The van der Waals surface area contributed by atoms with Gasteiger partial charge in [0.2, 0.25) is 0 Å². The van der Waals surface area contributed by atoms with Gasteiger partial charge in [0.1, 0.15) is 37.4 Å². The monoisotopic (exact) mass is 536 g/mol. The maximum absolute atomic E-state index is 12.1. The van der Waals surface area contributed by atoms with Crippen LogP contribution in [0.2, 0.25) is 0 Å². The first-order valence-electron chi connectivity index (χ1n) is 16.7. The molecule has 2 saturated heterocycles. The van der Waals surface area contributed by atoms with Gasteiger partial charge in [-0.1, -0.05) is 13.8 Å². The number of quaternary nitrogens is 2. The molecule has 0 radical (unpaired) electrons. The Morgan fingerprint density at radius 3 is 1.90 bits per heavy atom. The van der Waals surface area contributed by atoms with Crippen molar-refractivity contribution < 1.29 is 19.2 Å². The summed E-state index contributed by atoms with van der Waals surface area (Å²) in [5.41, 5.74) is 0.286. The van der Waals surface area contributed by atoms with Crippen molar-refractivity contribution in [3.05, 3.63) is 0 Å². The van der Waals surface area contributed by atoms with Crippen LogP contribution in [-0.2, 0) is 0 Å². The smallest absolute Gasteiger partial charge is 0.140 e. The fourth-order valence-corrected chi connectivity index (χ4v) is 12.2. The SMILES string of the molecule is C#CC[N+]1(C2C[C@]3(C)C4CC[C@@]5(C)C(CC([N+]6(CC#C)CCCCC6)[C@@H]5O)C4CC[C@H]3C[C@@H]2O)CCCCC1. The number of terminal acetylenes is 2. The van der Waals surface area contributed by atoms with Crippen LogP contribution in [0.4, 0.5) is 0 Å². The lowest BCUT2D eigenvalue weighted by Crippen LogP contribution is -2.67. The van der Waals surface area contributed by atoms with Crippen molar-refractivity contribution in [2.75, 3.05) is 39.3 Å². The molecule has 39 heavy (non-hydrogen) atoms. The van der Waals surface area contributed by atoms with Gasteiger partial charge < -0.3 is 19.2 Å². The molecule has 5 unspecified atom stereocenters. The normalized spacial score (nSPS) is 48.6. The summed E-state index contributed by atoms with van der Waals surface area (Å²) in [6.45, 7) is 11.2. The van der Waals surface area contributed by atoms with E-state index >= 15 is 0 Å². The van der Waals surface area contributed by atoms with Crippen LogP contribution in [0.25, 0.3) is 0 Å². The minimum absolute atomic E-state index is 0.0179. The van der Waals surface area contributed by atoms with Gasteiger partial charge >= 0.3 is 0 Å². The molecule has 0 spiro atoms. The molecule has 0 bridgehead atoms. The van der Waals surface area contributed by atoms with Crippen molar-refractivity contribution in [1.29, 1.82) is 0 Å². The number of hydrogen-bond donors (Lipinski definition) is 2. The van der Waals surface area contributed by atoms with Crippen LogP contribution in [0.3, 0.4) is 0 Å². The highest BCUT2D eigenvalue weighted by Crippen LogP contribution is 2.67. The van der Waals surface area contributed by atoms with E-state index < -0.39 is 0 Å². The van der Waals surface area contributed by atoms with Crippen LogP contribution in [-0.4, -0.2) is 82.7 Å². The van der Waals surface area contributed by atoms with Crippen molar-refractivity contribution in [3.63, 3.8) is 0 Å². The molecule has 0 aromatic carbocycles. The Balaban J connectivity index is 1.29. The molecule has 4 saturated carbocycles. The third kappa shape index (κ3) is 4.26. The standard InChI is InChI=1S/C35H56N2O2/c1-5-17-36(19-9-7-10-20-36)30-24-29-27-14-13-26-23-32(38)31(37(18-6-2)21-11-8-12-22-37)25-35(26,4)28(27)15-16-34(29,3)33(30)39/h1-2,26-33,38-39H,7-25H2,3-4H3/q+2/t26-,27?,28?,29?,30?,31?,32-,33-,34-,35-/m0/s1. The number of fused-ring (bicyclic) bond motifs is 5. The van der Waals surface area contributed by atoms with Gasteiger partial charge in [-0.3, -0.25) is 0 Å². The molecule has 0 amide bonds. The van der Waals surface area contributed by atoms with Gasteiger partial charge in [-0.25, -0.2) is 0 Å². The molecule has 216 valence electrons. The van der Waals surface area contributed by atoms with Gasteiger partial charge in [-0.05, 0) is 112 Å². The topological polar surface area (TPSA) is 40.5 Å². The van der Waals surface area contributed by atoms with Crippen LogP contribution in [0.15, 0.2) is 0 Å². The van der Waals surface area contributed by atoms with Crippen LogP contribution in [0.1, 0.15) is 97.3 Å². The second kappa shape index (κ2) is 10.3. The molecule has 4 nitrogen and oxygen atoms in total. The predicted molar refractivity (Wildman–Crippen MR) is 157 cm³/mol. The average molecular weight is 537 g/mol. The molecule has 10 atom stereocenters. The summed E-state index contributed by atoms with van der Waals surface area (Å²) >= 11 is 0. The summed E-state index contributed by atoms with van der Waals surface area (Å²) in [7, 11) is 0. The fraction of sp³-hybridized carbons (Fsp3) is 0.886. The molecule has 2 heterocycles. The summed E-state index contributed by atoms with van der Waals surface area (Å²) in [5, 5.41) is 23.7. The van der Waals surface area contributed by atoms with Crippen LogP contribution in [0.5, 0.6) is 0 Å². The molecular formula is C35H56N2O2+2. The third-order valence-electron chi connectivity index (χ3n) is 14.3. The van der Waals surface area contributed by atoms with E-state index in [1.54, 1.807) is 0 Å². The highest BCUT2D eigenvalue weighted by Gasteiger charge is 2.67. The lowest BCUT2D eigenvalue weighted by molar-refractivity contribution is -0.954. The second-order valence-electron chi connectivity index (χ2n) is 15.7. The molecule has 6 fully saturated rings. The minimum Gasteiger partial charge on any atom is -0.387 e. The van der Waals surface area contributed by atoms with Crippen molar-refractivity contribution >= 4 is 0 Å². The number of aliphatic hydroxyl groups is 2. The Morgan fingerprint density at radius 2 is 1.31 bits per heavy atom. The first-order valence-corrected chi connectivity index (χ1v) is 16.7. The van der Waals surface area contributed by atoms with Crippen LogP contribution < -0.4 is 0 Å². The van der Waals surface area contributed by atoms with Gasteiger partial charge in [-0.2, -0.15) is 0 Å². The summed E-state index contributed by atoms with van der Waals surface area (Å²) in [5.74, 6) is 8.70. The lowest BCUT2D eigenvalue weighted by atomic mass is 9.44. The average Bonchev–Trinajstić information content (AvgIpc) is 3.21. The summed E-state index contributed by atoms with van der Waals surface area (Å²) < 4.78 is 1.94. The number of piperidine rings is 2. The van der Waals surface area contributed by atoms with Crippen LogP contribution >= 0.6 is 0 Å². The van der Waals surface area contributed by atoms with E-state index in [0.717, 1.165) is 73.9 Å². The Bertz CT molecular complexity index is 984. The molecule has 6 aliphatic rings. The second-order valence-corrected chi connectivity index (χ2v) is 15.7. The van der Waals surface area contributed by atoms with Crippen LogP contribution in [0, 0.1) is 59.2 Å². The number of likely N-dealkylation sites (tertiary alicyclic amines) is 2. The highest BCUT2D eigenvalue weighted by atomic mass is 16.3. The highest BCUT2D eigenvalue weighted by molar-refractivity contribution is 5.13. The minimum atomic E-state index is -0.237. The zero-order valence-electron chi connectivity index (χ0n) is 25.0. The zero-order chi connectivity index (χ0) is 27.5. The molecule has 0 aromatic heterocycles. The van der Waals surface area contributed by atoms with Gasteiger partial charge in [0.15, 0.2) is 0 Å². The lowest BCUT2D eigenvalue weighted by Gasteiger charge is -2.63. The summed E-state index contributed by atoms with van der Waals surface area (Å²) in [4.78, 5) is 0. The molecule has 2 aliphatic heterocycles. The molecule has 2 N–H and O–H groups in total. The van der Waals surface area contributed by atoms with Crippen molar-refractivity contribution in [1.82, 2.24) is 0 Å². The number of nitrogens with zero attached hydrogens (tertiary/aromatic N) is 2. The van der Waals surface area contributed by atoms with Crippen molar-refractivity contribution in [2.24, 2.45) is 34.5 Å². The zero-order valence-corrected chi connectivity index (χ0v) is 25.0. The molecule has 0 aromatic rings. The maximum Gasteiger partial charge on any atom is 0.140 e. The van der Waals surface area contributed by atoms with E-state index in [4.69, 9.17) is 12.8 Å². The van der Waals surface area contributed by atoms with Crippen molar-refractivity contribution in [3.8, 4) is 24.7 Å². The first-order chi connectivity index (χ1) is 18.7. The van der Waals surface area contributed by atoms with Gasteiger partial charge in [-0.15, -0.1) is 12.8 Å². The predicted octanol–water partition coefficient (Wildman–Crippen LogP) is 4.98. The molecule has 4 heteroatoms. The van der Waals surface area contributed by atoms with Gasteiger partial charge in [0.05, 0.1) is 26.2 Å².